The molecular weight excluding hydrogens is 332 g/mol. The third-order valence-corrected chi connectivity index (χ3v) is 9.02. The second-order valence-electron chi connectivity index (χ2n) is 9.82. The number of aliphatic hydroxyl groups excluding tert-OH is 3. The van der Waals surface area contributed by atoms with Crippen LogP contribution in [0.3, 0.4) is 0 Å². The molecule has 1 heterocycles. The van der Waals surface area contributed by atoms with E-state index < -0.39 is 5.79 Å². The highest BCUT2D eigenvalue weighted by Gasteiger charge is 2.66. The van der Waals surface area contributed by atoms with E-state index in [9.17, 15) is 15.3 Å². The van der Waals surface area contributed by atoms with Crippen LogP contribution in [-0.2, 0) is 9.47 Å². The molecule has 4 fully saturated rings. The topological polar surface area (TPSA) is 79.2 Å². The summed E-state index contributed by atoms with van der Waals surface area (Å²) >= 11 is 0. The molecule has 0 bridgehead atoms. The van der Waals surface area contributed by atoms with E-state index >= 15 is 0 Å². The Morgan fingerprint density at radius 1 is 0.885 bits per heavy atom. The van der Waals surface area contributed by atoms with Crippen molar-refractivity contribution in [3.63, 3.8) is 0 Å². The molecule has 0 aromatic carbocycles. The first-order chi connectivity index (χ1) is 12.4. The van der Waals surface area contributed by atoms with Crippen LogP contribution in [0.15, 0.2) is 0 Å². The predicted molar refractivity (Wildman–Crippen MR) is 97.3 cm³/mol. The summed E-state index contributed by atoms with van der Waals surface area (Å²) in [5.74, 6) is 0.661. The molecule has 5 heteroatoms. The monoisotopic (exact) mass is 368 g/mol. The lowest BCUT2D eigenvalue weighted by atomic mass is 9.49. The molecule has 3 N–H and O–H groups in total. The Bertz CT molecular complexity index is 519. The second-order valence-corrected chi connectivity index (χ2v) is 9.82. The minimum absolute atomic E-state index is 0.0180. The first-order valence-electron chi connectivity index (χ1n) is 10.6. The van der Waals surface area contributed by atoms with Crippen molar-refractivity contribution in [2.75, 3.05) is 26.4 Å². The van der Waals surface area contributed by atoms with Gasteiger partial charge in [-0.05, 0) is 67.6 Å². The normalized spacial score (nSPS) is 50.9. The van der Waals surface area contributed by atoms with E-state index in [2.05, 4.69) is 13.8 Å². The van der Waals surface area contributed by atoms with E-state index in [1.165, 1.54) is 0 Å². The summed E-state index contributed by atoms with van der Waals surface area (Å²) in [5.41, 5.74) is -0.0531. The average Bonchev–Trinajstić information content (AvgIpc) is 3.23. The molecule has 0 radical (unpaired) electrons. The molecule has 1 saturated heterocycles. The summed E-state index contributed by atoms with van der Waals surface area (Å²) in [6.45, 7) is 6.28. The highest BCUT2D eigenvalue weighted by molar-refractivity contribution is 5.11. The number of hydrogen-bond acceptors (Lipinski definition) is 5. The smallest absolute Gasteiger partial charge is 0.174 e. The summed E-state index contributed by atoms with van der Waals surface area (Å²) in [5, 5.41) is 30.5. The summed E-state index contributed by atoms with van der Waals surface area (Å²) in [6, 6.07) is 0. The van der Waals surface area contributed by atoms with Gasteiger partial charge >= 0.3 is 0 Å². The van der Waals surface area contributed by atoms with Crippen molar-refractivity contribution in [3.8, 4) is 0 Å². The van der Waals surface area contributed by atoms with E-state index in [0.29, 0.717) is 31.5 Å². The number of hydrogen-bond donors (Lipinski definition) is 3. The predicted octanol–water partition coefficient (Wildman–Crippen LogP) is 2.32. The van der Waals surface area contributed by atoms with Gasteiger partial charge in [0.05, 0.1) is 19.3 Å². The van der Waals surface area contributed by atoms with Crippen molar-refractivity contribution in [1.29, 1.82) is 0 Å². The molecule has 1 spiro atoms. The fourth-order valence-electron chi connectivity index (χ4n) is 7.41. The molecule has 4 rings (SSSR count). The average molecular weight is 369 g/mol. The Labute approximate surface area is 157 Å². The standard InChI is InChI=1S/C21H36O5/c1-19(6-3-15(24)11-14(19)12-22)17-4-7-20(2)18(16(17)13-23)5-8-21(20)25-9-10-26-21/h14-18,22-24H,3-13H2,1-2H3/t14-,15+,16-,17?,18?,19+,20+/m1/s1. The molecule has 5 nitrogen and oxygen atoms in total. The van der Waals surface area contributed by atoms with Crippen molar-refractivity contribution >= 4 is 0 Å². The molecule has 7 atom stereocenters. The first kappa shape index (κ1) is 19.1. The number of rotatable bonds is 3. The van der Waals surface area contributed by atoms with Crippen molar-refractivity contribution in [2.45, 2.75) is 70.7 Å². The van der Waals surface area contributed by atoms with Gasteiger partial charge in [0.2, 0.25) is 0 Å². The van der Waals surface area contributed by atoms with Gasteiger partial charge in [-0.25, -0.2) is 0 Å². The SMILES string of the molecule is C[C@]12CCC([C@@]3(C)CC[C@H](O)C[C@@H]3CO)[C@@H](CO)C1CCC21OCCO1. The quantitative estimate of drug-likeness (QED) is 0.712. The van der Waals surface area contributed by atoms with Crippen LogP contribution >= 0.6 is 0 Å². The fraction of sp³-hybridized carbons (Fsp3) is 1.00. The van der Waals surface area contributed by atoms with Gasteiger partial charge in [0.15, 0.2) is 5.79 Å². The van der Waals surface area contributed by atoms with Crippen molar-refractivity contribution in [2.24, 2.45) is 34.5 Å². The van der Waals surface area contributed by atoms with Gasteiger partial charge < -0.3 is 24.8 Å². The van der Waals surface area contributed by atoms with Crippen LogP contribution < -0.4 is 0 Å². The van der Waals surface area contributed by atoms with Gasteiger partial charge in [-0.2, -0.15) is 0 Å². The summed E-state index contributed by atoms with van der Waals surface area (Å²) in [4.78, 5) is 0. The maximum Gasteiger partial charge on any atom is 0.174 e. The fourth-order valence-corrected chi connectivity index (χ4v) is 7.41. The molecule has 4 aliphatic rings. The van der Waals surface area contributed by atoms with Gasteiger partial charge in [-0.1, -0.05) is 13.8 Å². The molecule has 2 unspecified atom stereocenters. The van der Waals surface area contributed by atoms with Crippen molar-refractivity contribution in [3.05, 3.63) is 0 Å². The lowest BCUT2D eigenvalue weighted by Gasteiger charge is -2.57. The lowest BCUT2D eigenvalue weighted by molar-refractivity contribution is -0.246. The van der Waals surface area contributed by atoms with Gasteiger partial charge in [0.25, 0.3) is 0 Å². The Kier molecular flexibility index (Phi) is 4.93. The summed E-state index contributed by atoms with van der Waals surface area (Å²) < 4.78 is 12.3. The molecule has 3 aliphatic carbocycles. The Hall–Kier alpha value is -0.200. The van der Waals surface area contributed by atoms with Crippen LogP contribution in [-0.4, -0.2) is 53.6 Å². The molecule has 150 valence electrons. The van der Waals surface area contributed by atoms with Crippen LogP contribution in [0.1, 0.15) is 58.8 Å². The maximum absolute atomic E-state index is 10.4. The molecule has 1 aliphatic heterocycles. The van der Waals surface area contributed by atoms with E-state index in [0.717, 1.165) is 38.5 Å². The summed E-state index contributed by atoms with van der Waals surface area (Å²) in [7, 11) is 0. The number of aliphatic hydroxyl groups is 3. The molecule has 0 amide bonds. The Morgan fingerprint density at radius 2 is 1.58 bits per heavy atom. The molecule has 0 aromatic rings. The zero-order valence-corrected chi connectivity index (χ0v) is 16.3. The third-order valence-electron chi connectivity index (χ3n) is 9.02. The minimum atomic E-state index is -0.448. The van der Waals surface area contributed by atoms with E-state index in [1.807, 2.05) is 0 Å². The van der Waals surface area contributed by atoms with Gasteiger partial charge in [0, 0.05) is 25.0 Å². The van der Waals surface area contributed by atoms with Crippen LogP contribution in [0.5, 0.6) is 0 Å². The lowest BCUT2D eigenvalue weighted by Crippen LogP contribution is -2.56. The van der Waals surface area contributed by atoms with Crippen LogP contribution in [0.2, 0.25) is 0 Å². The maximum atomic E-state index is 10.4. The van der Waals surface area contributed by atoms with Gasteiger partial charge in [-0.15, -0.1) is 0 Å². The van der Waals surface area contributed by atoms with Crippen LogP contribution in [0.25, 0.3) is 0 Å². The second kappa shape index (κ2) is 6.70. The highest BCUT2D eigenvalue weighted by Crippen LogP contribution is 2.66. The van der Waals surface area contributed by atoms with Gasteiger partial charge in [-0.3, -0.25) is 0 Å². The Balaban J connectivity index is 1.62. The van der Waals surface area contributed by atoms with Crippen LogP contribution in [0, 0.1) is 34.5 Å². The first-order valence-corrected chi connectivity index (χ1v) is 10.6. The van der Waals surface area contributed by atoms with Gasteiger partial charge in [0.1, 0.15) is 0 Å². The van der Waals surface area contributed by atoms with Crippen molar-refractivity contribution < 1.29 is 24.8 Å². The molecule has 3 saturated carbocycles. The molecule has 0 aromatic heterocycles. The van der Waals surface area contributed by atoms with E-state index in [-0.39, 0.29) is 42.0 Å². The Morgan fingerprint density at radius 3 is 2.23 bits per heavy atom. The minimum Gasteiger partial charge on any atom is -0.396 e. The zero-order valence-electron chi connectivity index (χ0n) is 16.3. The zero-order chi connectivity index (χ0) is 18.6. The van der Waals surface area contributed by atoms with Crippen LogP contribution in [0.4, 0.5) is 0 Å². The summed E-state index contributed by atoms with van der Waals surface area (Å²) in [6.07, 6.45) is 6.18. The van der Waals surface area contributed by atoms with E-state index in [1.54, 1.807) is 0 Å². The molecule has 26 heavy (non-hydrogen) atoms. The number of ether oxygens (including phenoxy) is 2. The highest BCUT2D eigenvalue weighted by atomic mass is 16.7. The largest absolute Gasteiger partial charge is 0.396 e. The third kappa shape index (κ3) is 2.54. The van der Waals surface area contributed by atoms with E-state index in [4.69, 9.17) is 9.47 Å². The number of fused-ring (bicyclic) bond motifs is 2. The van der Waals surface area contributed by atoms with Crippen molar-refractivity contribution in [1.82, 2.24) is 0 Å². The molecular formula is C21H36O5.